The molecule has 0 heterocycles. The highest BCUT2D eigenvalue weighted by atomic mass is 79.9. The number of carbonyl (C=O) groups is 1. The average molecular weight is 344 g/mol. The monoisotopic (exact) mass is 343 g/mol. The minimum Gasteiger partial charge on any atom is -0.466 e. The number of aryl methyl sites for hydroxylation is 1. The van der Waals surface area contributed by atoms with Gasteiger partial charge in [0.2, 0.25) is 0 Å². The number of halogens is 1. The molecule has 110 valence electrons. The fourth-order valence-electron chi connectivity index (χ4n) is 1.91. The minimum absolute atomic E-state index is 0.166. The fraction of sp³-hybridized carbons (Fsp3) is 0.500. The Morgan fingerprint density at radius 1 is 1.30 bits per heavy atom. The van der Waals surface area contributed by atoms with E-state index in [2.05, 4.69) is 15.9 Å². The molecule has 0 saturated heterocycles. The lowest BCUT2D eigenvalue weighted by molar-refractivity contribution is -0.385. The molecule has 0 N–H and O–H groups in total. The molecule has 0 aliphatic rings. The summed E-state index contributed by atoms with van der Waals surface area (Å²) < 4.78 is 5.55. The van der Waals surface area contributed by atoms with Gasteiger partial charge in [-0.3, -0.25) is 14.9 Å². The van der Waals surface area contributed by atoms with Gasteiger partial charge in [-0.05, 0) is 25.3 Å². The van der Waals surface area contributed by atoms with Crippen LogP contribution >= 0.6 is 15.9 Å². The maximum absolute atomic E-state index is 10.9. The number of nitro benzene ring substituents is 1. The van der Waals surface area contributed by atoms with Crippen LogP contribution in [0.5, 0.6) is 0 Å². The van der Waals surface area contributed by atoms with Gasteiger partial charge in [0.15, 0.2) is 0 Å². The highest BCUT2D eigenvalue weighted by Gasteiger charge is 2.13. The van der Waals surface area contributed by atoms with E-state index in [0.29, 0.717) is 17.5 Å². The van der Waals surface area contributed by atoms with Crippen molar-refractivity contribution in [2.24, 2.45) is 0 Å². The van der Waals surface area contributed by atoms with Gasteiger partial charge in [-0.25, -0.2) is 0 Å². The third-order valence-corrected chi connectivity index (χ3v) is 3.38. The second-order valence-corrected chi connectivity index (χ2v) is 5.45. The van der Waals surface area contributed by atoms with Gasteiger partial charge in [0.1, 0.15) is 0 Å². The first-order valence-electron chi connectivity index (χ1n) is 6.57. The van der Waals surface area contributed by atoms with E-state index in [0.717, 1.165) is 31.2 Å². The molecule has 0 aliphatic heterocycles. The first kappa shape index (κ1) is 16.6. The molecule has 20 heavy (non-hydrogen) atoms. The van der Waals surface area contributed by atoms with Crippen LogP contribution in [0, 0.1) is 10.1 Å². The summed E-state index contributed by atoms with van der Waals surface area (Å²) in [5, 5.41) is 10.9. The van der Waals surface area contributed by atoms with Gasteiger partial charge in [-0.15, -0.1) is 0 Å². The molecule has 0 fully saturated rings. The molecule has 6 heteroatoms. The van der Waals surface area contributed by atoms with Crippen molar-refractivity contribution in [2.75, 3.05) is 6.61 Å². The number of hydrogen-bond acceptors (Lipinski definition) is 4. The van der Waals surface area contributed by atoms with Crippen molar-refractivity contribution >= 4 is 27.6 Å². The molecular formula is C14H18BrNO4. The largest absolute Gasteiger partial charge is 0.466 e. The van der Waals surface area contributed by atoms with Crippen molar-refractivity contribution in [1.82, 2.24) is 0 Å². The van der Waals surface area contributed by atoms with Crippen LogP contribution in [-0.4, -0.2) is 17.5 Å². The van der Waals surface area contributed by atoms with Crippen molar-refractivity contribution in [1.29, 1.82) is 0 Å². The number of ether oxygens (including phenoxy) is 1. The van der Waals surface area contributed by atoms with Crippen molar-refractivity contribution in [2.45, 2.75) is 39.0 Å². The number of rotatable bonds is 8. The van der Waals surface area contributed by atoms with E-state index >= 15 is 0 Å². The summed E-state index contributed by atoms with van der Waals surface area (Å²) in [6, 6.07) is 5.15. The molecule has 5 nitrogen and oxygen atoms in total. The van der Waals surface area contributed by atoms with Crippen LogP contribution in [0.15, 0.2) is 22.7 Å². The van der Waals surface area contributed by atoms with E-state index in [-0.39, 0.29) is 16.6 Å². The van der Waals surface area contributed by atoms with Crippen molar-refractivity contribution in [3.05, 3.63) is 38.3 Å². The van der Waals surface area contributed by atoms with Crippen LogP contribution < -0.4 is 0 Å². The first-order chi connectivity index (χ1) is 9.50. The molecule has 1 aromatic rings. The second kappa shape index (κ2) is 8.68. The SMILES string of the molecule is CC(=O)OCCCCCCc1ccc(Br)cc1[N+](=O)[O-]. The topological polar surface area (TPSA) is 69.4 Å². The second-order valence-electron chi connectivity index (χ2n) is 4.53. The van der Waals surface area contributed by atoms with Crippen molar-refractivity contribution in [3.63, 3.8) is 0 Å². The lowest BCUT2D eigenvalue weighted by Gasteiger charge is -2.04. The van der Waals surface area contributed by atoms with Gasteiger partial charge in [-0.2, -0.15) is 0 Å². The number of carbonyl (C=O) groups excluding carboxylic acids is 1. The third kappa shape index (κ3) is 6.14. The first-order valence-corrected chi connectivity index (χ1v) is 7.36. The van der Waals surface area contributed by atoms with E-state index in [1.807, 2.05) is 6.07 Å². The van der Waals surface area contributed by atoms with E-state index in [1.54, 1.807) is 6.07 Å². The van der Waals surface area contributed by atoms with Crippen LogP contribution in [0.3, 0.4) is 0 Å². The number of hydrogen-bond donors (Lipinski definition) is 0. The lowest BCUT2D eigenvalue weighted by atomic mass is 10.0. The standard InChI is InChI=1S/C14H18BrNO4/c1-11(17)20-9-5-3-2-4-6-12-7-8-13(15)10-14(12)16(18)19/h7-8,10H,2-6,9H2,1H3. The summed E-state index contributed by atoms with van der Waals surface area (Å²) in [5.41, 5.74) is 0.928. The molecule has 0 radical (unpaired) electrons. The zero-order valence-corrected chi connectivity index (χ0v) is 13.0. The Morgan fingerprint density at radius 3 is 2.65 bits per heavy atom. The smallest absolute Gasteiger partial charge is 0.302 e. The molecule has 0 saturated carbocycles. The predicted octanol–water partition coefficient (Wildman–Crippen LogP) is 4.02. The highest BCUT2D eigenvalue weighted by Crippen LogP contribution is 2.25. The summed E-state index contributed by atoms with van der Waals surface area (Å²) in [6.07, 6.45) is 4.34. The summed E-state index contributed by atoms with van der Waals surface area (Å²) in [6.45, 7) is 1.85. The van der Waals surface area contributed by atoms with Gasteiger partial charge < -0.3 is 4.74 Å². The maximum Gasteiger partial charge on any atom is 0.302 e. The van der Waals surface area contributed by atoms with Crippen LogP contribution in [0.1, 0.15) is 38.2 Å². The van der Waals surface area contributed by atoms with Gasteiger partial charge in [0.05, 0.1) is 11.5 Å². The molecule has 0 amide bonds. The molecule has 0 spiro atoms. The number of esters is 1. The zero-order chi connectivity index (χ0) is 15.0. The van der Waals surface area contributed by atoms with Crippen LogP contribution in [-0.2, 0) is 16.0 Å². The van der Waals surface area contributed by atoms with Gasteiger partial charge >= 0.3 is 5.97 Å². The van der Waals surface area contributed by atoms with E-state index < -0.39 is 0 Å². The number of unbranched alkanes of at least 4 members (excludes halogenated alkanes) is 3. The normalized spacial score (nSPS) is 10.3. The van der Waals surface area contributed by atoms with E-state index in [1.165, 1.54) is 13.0 Å². The Labute approximate surface area is 126 Å². The molecule has 1 aromatic carbocycles. The van der Waals surface area contributed by atoms with E-state index in [9.17, 15) is 14.9 Å². The van der Waals surface area contributed by atoms with Crippen molar-refractivity contribution in [3.8, 4) is 0 Å². The average Bonchev–Trinajstić information content (AvgIpc) is 2.38. The number of nitrogens with zero attached hydrogens (tertiary/aromatic N) is 1. The third-order valence-electron chi connectivity index (χ3n) is 2.89. The molecule has 1 rings (SSSR count). The van der Waals surface area contributed by atoms with Gasteiger partial charge in [0.25, 0.3) is 5.69 Å². The van der Waals surface area contributed by atoms with Gasteiger partial charge in [-0.1, -0.05) is 34.8 Å². The quantitative estimate of drug-likeness (QED) is 0.309. The Kier molecular flexibility index (Phi) is 7.22. The number of benzene rings is 1. The summed E-state index contributed by atoms with van der Waals surface area (Å²) in [4.78, 5) is 21.2. The van der Waals surface area contributed by atoms with Crippen LogP contribution in [0.25, 0.3) is 0 Å². The van der Waals surface area contributed by atoms with Gasteiger partial charge in [0, 0.05) is 23.0 Å². The molecular weight excluding hydrogens is 326 g/mol. The molecule has 0 aliphatic carbocycles. The van der Waals surface area contributed by atoms with E-state index in [4.69, 9.17) is 4.74 Å². The zero-order valence-electron chi connectivity index (χ0n) is 11.4. The maximum atomic E-state index is 10.9. The Balaban J connectivity index is 2.32. The Bertz CT molecular complexity index is 476. The van der Waals surface area contributed by atoms with Crippen molar-refractivity contribution < 1.29 is 14.5 Å². The van der Waals surface area contributed by atoms with Crippen LogP contribution in [0.2, 0.25) is 0 Å². The highest BCUT2D eigenvalue weighted by molar-refractivity contribution is 9.10. The summed E-state index contributed by atoms with van der Waals surface area (Å²) in [7, 11) is 0. The Hall–Kier alpha value is -1.43. The molecule has 0 bridgehead atoms. The predicted molar refractivity (Wildman–Crippen MR) is 79.6 cm³/mol. The Morgan fingerprint density at radius 2 is 2.00 bits per heavy atom. The summed E-state index contributed by atoms with van der Waals surface area (Å²) >= 11 is 3.24. The minimum atomic E-state index is -0.346. The molecule has 0 atom stereocenters. The number of nitro groups is 1. The fourth-order valence-corrected chi connectivity index (χ4v) is 2.25. The molecule has 0 aromatic heterocycles. The lowest BCUT2D eigenvalue weighted by Crippen LogP contribution is -2.00. The van der Waals surface area contributed by atoms with Crippen LogP contribution in [0.4, 0.5) is 5.69 Å². The summed E-state index contributed by atoms with van der Waals surface area (Å²) in [5.74, 6) is -0.254. The molecule has 0 unspecified atom stereocenters.